The van der Waals surface area contributed by atoms with E-state index in [4.69, 9.17) is 4.74 Å². The van der Waals surface area contributed by atoms with Crippen molar-refractivity contribution < 1.29 is 9.53 Å². The summed E-state index contributed by atoms with van der Waals surface area (Å²) < 4.78 is 5.34. The van der Waals surface area contributed by atoms with Crippen LogP contribution in [0.3, 0.4) is 0 Å². The Labute approximate surface area is 152 Å². The fraction of sp³-hybridized carbons (Fsp3) is 0.238. The molecular weight excluding hydrogens is 326 g/mol. The number of nitrogens with one attached hydrogen (secondary N) is 2. The average molecular weight is 347 g/mol. The molecule has 1 aromatic heterocycles. The van der Waals surface area contributed by atoms with Gasteiger partial charge in [0.05, 0.1) is 18.7 Å². The van der Waals surface area contributed by atoms with E-state index in [1.54, 1.807) is 7.11 Å². The summed E-state index contributed by atoms with van der Waals surface area (Å²) >= 11 is 0. The van der Waals surface area contributed by atoms with Crippen molar-refractivity contribution in [3.05, 3.63) is 65.9 Å². The van der Waals surface area contributed by atoms with Gasteiger partial charge in [0.2, 0.25) is 5.91 Å². The van der Waals surface area contributed by atoms with E-state index in [1.807, 2.05) is 54.7 Å². The Bertz CT molecular complexity index is 925. The monoisotopic (exact) mass is 347 g/mol. The minimum absolute atomic E-state index is 0.235. The van der Waals surface area contributed by atoms with E-state index in [-0.39, 0.29) is 5.91 Å². The van der Waals surface area contributed by atoms with Gasteiger partial charge in [0.15, 0.2) is 0 Å². The summed E-state index contributed by atoms with van der Waals surface area (Å²) in [7, 11) is 1.62. The molecule has 0 fully saturated rings. The Morgan fingerprint density at radius 1 is 1.23 bits per heavy atom. The summed E-state index contributed by atoms with van der Waals surface area (Å²) in [6.07, 6.45) is 2.95. The first-order valence-electron chi connectivity index (χ1n) is 8.57. The van der Waals surface area contributed by atoms with Gasteiger partial charge in [0.25, 0.3) is 0 Å². The van der Waals surface area contributed by atoms with E-state index in [0.29, 0.717) is 13.0 Å². The highest BCUT2D eigenvalue weighted by molar-refractivity contribution is 5.89. The molecule has 0 bridgehead atoms. The van der Waals surface area contributed by atoms with Crippen LogP contribution < -0.4 is 10.1 Å². The fourth-order valence-electron chi connectivity index (χ4n) is 3.04. The van der Waals surface area contributed by atoms with Crippen LogP contribution in [0.15, 0.2) is 54.7 Å². The Morgan fingerprint density at radius 3 is 2.77 bits per heavy atom. The highest BCUT2D eigenvalue weighted by Gasteiger charge is 2.20. The van der Waals surface area contributed by atoms with Crippen LogP contribution in [0.25, 0.3) is 10.9 Å². The lowest BCUT2D eigenvalue weighted by atomic mass is 9.99. The predicted octanol–water partition coefficient (Wildman–Crippen LogP) is 3.22. The first kappa shape index (κ1) is 17.6. The number of H-pyrrole nitrogens is 1. The second-order valence-corrected chi connectivity index (χ2v) is 6.11. The SMILES string of the molecule is COc1cccc2c(CC(C#N)C(=O)NCCc3ccccc3)c[nH]c12. The lowest BCUT2D eigenvalue weighted by molar-refractivity contribution is -0.123. The highest BCUT2D eigenvalue weighted by Crippen LogP contribution is 2.28. The van der Waals surface area contributed by atoms with E-state index in [9.17, 15) is 10.1 Å². The third-order valence-corrected chi connectivity index (χ3v) is 4.43. The summed E-state index contributed by atoms with van der Waals surface area (Å²) in [5.74, 6) is -0.216. The van der Waals surface area contributed by atoms with Crippen molar-refractivity contribution in [2.45, 2.75) is 12.8 Å². The zero-order valence-electron chi connectivity index (χ0n) is 14.7. The van der Waals surface area contributed by atoms with Gasteiger partial charge in [0.1, 0.15) is 11.7 Å². The molecule has 0 radical (unpaired) electrons. The van der Waals surface area contributed by atoms with Gasteiger partial charge in [-0.1, -0.05) is 42.5 Å². The van der Waals surface area contributed by atoms with Crippen molar-refractivity contribution >= 4 is 16.8 Å². The molecule has 132 valence electrons. The van der Waals surface area contributed by atoms with Crippen molar-refractivity contribution in [2.24, 2.45) is 5.92 Å². The second-order valence-electron chi connectivity index (χ2n) is 6.11. The van der Waals surface area contributed by atoms with Gasteiger partial charge in [-0.25, -0.2) is 0 Å². The molecule has 0 aliphatic rings. The zero-order chi connectivity index (χ0) is 18.4. The molecule has 5 nitrogen and oxygen atoms in total. The minimum Gasteiger partial charge on any atom is -0.495 e. The molecule has 5 heteroatoms. The predicted molar refractivity (Wildman–Crippen MR) is 101 cm³/mol. The second kappa shape index (κ2) is 8.21. The number of rotatable bonds is 7. The maximum atomic E-state index is 12.4. The van der Waals surface area contributed by atoms with E-state index in [0.717, 1.165) is 34.2 Å². The number of carbonyl (C=O) groups excluding carboxylic acids is 1. The molecular formula is C21H21N3O2. The number of aromatic nitrogens is 1. The number of ether oxygens (including phenoxy) is 1. The fourth-order valence-corrected chi connectivity index (χ4v) is 3.04. The van der Waals surface area contributed by atoms with Crippen molar-refractivity contribution in [1.29, 1.82) is 5.26 Å². The molecule has 0 spiro atoms. The van der Waals surface area contributed by atoms with Crippen molar-refractivity contribution in [1.82, 2.24) is 10.3 Å². The first-order chi connectivity index (χ1) is 12.7. The highest BCUT2D eigenvalue weighted by atomic mass is 16.5. The largest absolute Gasteiger partial charge is 0.495 e. The summed E-state index contributed by atoms with van der Waals surface area (Å²) in [6.45, 7) is 0.517. The van der Waals surface area contributed by atoms with Crippen LogP contribution in [-0.4, -0.2) is 24.5 Å². The van der Waals surface area contributed by atoms with Crippen LogP contribution in [-0.2, 0) is 17.6 Å². The number of benzene rings is 2. The Kier molecular flexibility index (Phi) is 5.55. The average Bonchev–Trinajstić information content (AvgIpc) is 3.09. The quantitative estimate of drug-likeness (QED) is 0.689. The number of amides is 1. The van der Waals surface area contributed by atoms with E-state index in [2.05, 4.69) is 16.4 Å². The van der Waals surface area contributed by atoms with Crippen molar-refractivity contribution in [3.63, 3.8) is 0 Å². The van der Waals surface area contributed by atoms with E-state index in [1.165, 1.54) is 0 Å². The molecule has 3 aromatic rings. The number of nitrogens with zero attached hydrogens (tertiary/aromatic N) is 1. The molecule has 1 heterocycles. The summed E-state index contributed by atoms with van der Waals surface area (Å²) in [5.41, 5.74) is 2.97. The van der Waals surface area contributed by atoms with Crippen LogP contribution in [0.2, 0.25) is 0 Å². The Hall–Kier alpha value is -3.26. The van der Waals surface area contributed by atoms with Crippen molar-refractivity contribution in [3.8, 4) is 11.8 Å². The van der Waals surface area contributed by atoms with Gasteiger partial charge in [-0.3, -0.25) is 4.79 Å². The molecule has 26 heavy (non-hydrogen) atoms. The molecule has 0 saturated carbocycles. The molecule has 1 atom stereocenters. The number of fused-ring (bicyclic) bond motifs is 1. The maximum Gasteiger partial charge on any atom is 0.237 e. The third kappa shape index (κ3) is 3.86. The van der Waals surface area contributed by atoms with Crippen LogP contribution in [0.1, 0.15) is 11.1 Å². The first-order valence-corrected chi connectivity index (χ1v) is 8.57. The Morgan fingerprint density at radius 2 is 2.04 bits per heavy atom. The van der Waals surface area contributed by atoms with Gasteiger partial charge in [-0.15, -0.1) is 0 Å². The minimum atomic E-state index is -0.726. The Balaban J connectivity index is 1.64. The van der Waals surface area contributed by atoms with Gasteiger partial charge in [-0.2, -0.15) is 5.26 Å². The van der Waals surface area contributed by atoms with Crippen LogP contribution >= 0.6 is 0 Å². The zero-order valence-corrected chi connectivity index (χ0v) is 14.7. The number of hydrogen-bond acceptors (Lipinski definition) is 3. The number of methoxy groups -OCH3 is 1. The molecule has 2 N–H and O–H groups in total. The van der Waals surface area contributed by atoms with Gasteiger partial charge in [0, 0.05) is 18.1 Å². The lowest BCUT2D eigenvalue weighted by Gasteiger charge is -2.10. The summed E-state index contributed by atoms with van der Waals surface area (Å²) in [6, 6.07) is 17.8. The van der Waals surface area contributed by atoms with Crippen LogP contribution in [0.4, 0.5) is 0 Å². The molecule has 0 saturated heterocycles. The number of aromatic amines is 1. The molecule has 2 aromatic carbocycles. The third-order valence-electron chi connectivity index (χ3n) is 4.43. The summed E-state index contributed by atoms with van der Waals surface area (Å²) in [5, 5.41) is 13.3. The summed E-state index contributed by atoms with van der Waals surface area (Å²) in [4.78, 5) is 15.6. The number of nitriles is 1. The smallest absolute Gasteiger partial charge is 0.237 e. The van der Waals surface area contributed by atoms with Crippen molar-refractivity contribution in [2.75, 3.05) is 13.7 Å². The van der Waals surface area contributed by atoms with E-state index >= 15 is 0 Å². The van der Waals surface area contributed by atoms with Crippen LogP contribution in [0.5, 0.6) is 5.75 Å². The maximum absolute atomic E-state index is 12.4. The molecule has 1 amide bonds. The normalized spacial score (nSPS) is 11.7. The number of hydrogen-bond donors (Lipinski definition) is 2. The molecule has 3 rings (SSSR count). The molecule has 0 aliphatic carbocycles. The lowest BCUT2D eigenvalue weighted by Crippen LogP contribution is -2.32. The van der Waals surface area contributed by atoms with Gasteiger partial charge < -0.3 is 15.0 Å². The topological polar surface area (TPSA) is 77.9 Å². The van der Waals surface area contributed by atoms with Crippen LogP contribution in [0, 0.1) is 17.2 Å². The standard InChI is InChI=1S/C21H21N3O2/c1-26-19-9-5-8-18-17(14-24-20(18)19)12-16(13-22)21(25)23-11-10-15-6-3-2-4-7-15/h2-9,14,16,24H,10-12H2,1H3,(H,23,25). The number of carbonyl (C=O) groups is 1. The van der Waals surface area contributed by atoms with Gasteiger partial charge >= 0.3 is 0 Å². The van der Waals surface area contributed by atoms with Gasteiger partial charge in [-0.05, 0) is 30.0 Å². The number of para-hydroxylation sites is 1. The van der Waals surface area contributed by atoms with E-state index < -0.39 is 5.92 Å². The molecule has 1 unspecified atom stereocenters. The molecule has 0 aliphatic heterocycles.